The molecule has 2 heterocycles. The molecule has 1 aromatic heterocycles. The molecule has 0 aromatic carbocycles. The summed E-state index contributed by atoms with van der Waals surface area (Å²) in [5.74, 6) is -1.46. The lowest BCUT2D eigenvalue weighted by Crippen LogP contribution is -2.58. The summed E-state index contributed by atoms with van der Waals surface area (Å²) in [6.07, 6.45) is 0.778. The minimum Gasteiger partial charge on any atom is -0.445 e. The summed E-state index contributed by atoms with van der Waals surface area (Å²) in [4.78, 5) is 24.8. The van der Waals surface area contributed by atoms with E-state index < -0.39 is 29.8 Å². The topological polar surface area (TPSA) is 91.4 Å². The first-order chi connectivity index (χ1) is 14.9. The Morgan fingerprint density at radius 1 is 1.28 bits per heavy atom. The van der Waals surface area contributed by atoms with Crippen LogP contribution >= 0.6 is 11.3 Å². The zero-order valence-electron chi connectivity index (χ0n) is 20.4. The molecule has 10 heteroatoms. The van der Waals surface area contributed by atoms with Gasteiger partial charge in [0.1, 0.15) is 17.7 Å². The lowest BCUT2D eigenvalue weighted by atomic mass is 10.1. The van der Waals surface area contributed by atoms with Gasteiger partial charge in [-0.15, -0.1) is 11.3 Å². The number of nitrogens with zero attached hydrogens (tertiary/aromatic N) is 2. The first kappa shape index (κ1) is 26.7. The number of hydrogen-bond donors (Lipinski definition) is 1. The van der Waals surface area contributed by atoms with E-state index in [1.165, 1.54) is 36.5 Å². The monoisotopic (exact) mass is 471 g/mol. The third-order valence-corrected chi connectivity index (χ3v) is 5.47. The number of hydroxylamine groups is 1. The Hall–Kier alpha value is -1.56. The number of thiazole rings is 1. The minimum atomic E-state index is -1.46. The molecule has 1 aliphatic rings. The summed E-state index contributed by atoms with van der Waals surface area (Å²) in [6.45, 7) is 15.8. The number of nitrogens with one attached hydrogen (secondary N) is 1. The van der Waals surface area contributed by atoms with Crippen molar-refractivity contribution in [3.8, 4) is 0 Å². The molecule has 0 aliphatic carbocycles. The highest BCUT2D eigenvalue weighted by Gasteiger charge is 2.60. The number of hydrogen-bond acceptors (Lipinski definition) is 9. The molecule has 1 N–H and O–H groups in total. The zero-order valence-corrected chi connectivity index (χ0v) is 21.2. The number of aromatic nitrogens is 1. The Morgan fingerprint density at radius 2 is 1.94 bits per heavy atom. The Bertz CT molecular complexity index is 766. The van der Waals surface area contributed by atoms with Gasteiger partial charge in [-0.1, -0.05) is 12.7 Å². The molecule has 0 spiro atoms. The summed E-state index contributed by atoms with van der Waals surface area (Å²) < 4.78 is 23.2. The van der Waals surface area contributed by atoms with Gasteiger partial charge in [0.15, 0.2) is 0 Å². The van der Waals surface area contributed by atoms with Gasteiger partial charge in [-0.3, -0.25) is 4.84 Å². The number of rotatable bonds is 9. The SMILES string of the molecule is C=CCOC(=O)N1C(c2csc(CNOC(C)(C)C)n2)CC(OC(C)(C)C)C1(OC)OC. The van der Waals surface area contributed by atoms with E-state index in [1.54, 1.807) is 0 Å². The minimum absolute atomic E-state index is 0.0622. The molecule has 1 aromatic rings. The highest BCUT2D eigenvalue weighted by molar-refractivity contribution is 7.09. The average Bonchev–Trinajstić information content (AvgIpc) is 3.26. The first-order valence-corrected chi connectivity index (χ1v) is 11.4. The summed E-state index contributed by atoms with van der Waals surface area (Å²) >= 11 is 1.48. The number of methoxy groups -OCH3 is 2. The van der Waals surface area contributed by atoms with E-state index >= 15 is 0 Å². The Morgan fingerprint density at radius 3 is 2.47 bits per heavy atom. The summed E-state index contributed by atoms with van der Waals surface area (Å²) in [7, 11) is 2.97. The van der Waals surface area contributed by atoms with Crippen molar-refractivity contribution in [2.45, 2.75) is 83.8 Å². The van der Waals surface area contributed by atoms with Crippen molar-refractivity contribution >= 4 is 17.4 Å². The molecule has 0 radical (unpaired) electrons. The van der Waals surface area contributed by atoms with Crippen LogP contribution < -0.4 is 5.48 Å². The molecular formula is C22H37N3O6S. The highest BCUT2D eigenvalue weighted by Crippen LogP contribution is 2.47. The standard InChI is InChI=1S/C22H37N3O6S/c1-10-11-29-19(26)25-16(12-17(30-20(2,3)4)22(25,27-8)28-9)15-14-32-18(24-15)13-23-31-21(5,6)7/h10,14,16-17,23H,1,11-13H2,2-9H3. The van der Waals surface area contributed by atoms with Crippen molar-refractivity contribution in [3.63, 3.8) is 0 Å². The van der Waals surface area contributed by atoms with E-state index in [9.17, 15) is 4.79 Å². The van der Waals surface area contributed by atoms with Gasteiger partial charge >= 0.3 is 6.09 Å². The Kier molecular flexibility index (Phi) is 8.82. The quantitative estimate of drug-likeness (QED) is 0.326. The van der Waals surface area contributed by atoms with Crippen LogP contribution in [0.4, 0.5) is 4.79 Å². The van der Waals surface area contributed by atoms with Gasteiger partial charge < -0.3 is 18.9 Å². The van der Waals surface area contributed by atoms with Crippen molar-refractivity contribution in [2.24, 2.45) is 0 Å². The molecule has 2 atom stereocenters. The lowest BCUT2D eigenvalue weighted by molar-refractivity contribution is -0.323. The fourth-order valence-electron chi connectivity index (χ4n) is 3.50. The van der Waals surface area contributed by atoms with Crippen LogP contribution in [0.2, 0.25) is 0 Å². The van der Waals surface area contributed by atoms with Gasteiger partial charge in [-0.25, -0.2) is 14.7 Å². The van der Waals surface area contributed by atoms with Crippen LogP contribution in [0.1, 0.15) is 64.7 Å². The molecule has 0 bridgehead atoms. The average molecular weight is 472 g/mol. The molecule has 1 fully saturated rings. The van der Waals surface area contributed by atoms with Gasteiger partial charge in [0.2, 0.25) is 0 Å². The molecule has 9 nitrogen and oxygen atoms in total. The highest BCUT2D eigenvalue weighted by atomic mass is 32.1. The maximum absolute atomic E-state index is 13.1. The van der Waals surface area contributed by atoms with Crippen LogP contribution in [0.15, 0.2) is 18.0 Å². The van der Waals surface area contributed by atoms with E-state index in [0.717, 1.165) is 5.01 Å². The Balaban J connectivity index is 2.36. The van der Waals surface area contributed by atoms with Gasteiger partial charge in [0.25, 0.3) is 5.91 Å². The maximum atomic E-state index is 13.1. The van der Waals surface area contributed by atoms with Crippen molar-refractivity contribution in [1.29, 1.82) is 0 Å². The van der Waals surface area contributed by atoms with Crippen LogP contribution in [0.25, 0.3) is 0 Å². The molecule has 1 amide bonds. The van der Waals surface area contributed by atoms with Crippen LogP contribution in [0, 0.1) is 0 Å². The lowest BCUT2D eigenvalue weighted by Gasteiger charge is -2.40. The van der Waals surface area contributed by atoms with Crippen LogP contribution in [-0.4, -0.2) is 60.0 Å². The number of carbonyl (C=O) groups is 1. The van der Waals surface area contributed by atoms with Gasteiger partial charge in [-0.2, -0.15) is 5.48 Å². The molecular weight excluding hydrogens is 434 g/mol. The van der Waals surface area contributed by atoms with Gasteiger partial charge in [0.05, 0.1) is 29.5 Å². The van der Waals surface area contributed by atoms with Crippen LogP contribution in [0.3, 0.4) is 0 Å². The molecule has 182 valence electrons. The third kappa shape index (κ3) is 6.49. The summed E-state index contributed by atoms with van der Waals surface area (Å²) in [5.41, 5.74) is 2.85. The smallest absolute Gasteiger partial charge is 0.414 e. The predicted molar refractivity (Wildman–Crippen MR) is 122 cm³/mol. The van der Waals surface area contributed by atoms with Gasteiger partial charge in [-0.05, 0) is 41.5 Å². The largest absolute Gasteiger partial charge is 0.445 e. The van der Waals surface area contributed by atoms with E-state index in [-0.39, 0.29) is 12.2 Å². The maximum Gasteiger partial charge on any atom is 0.414 e. The summed E-state index contributed by atoms with van der Waals surface area (Å²) in [5, 5.41) is 2.74. The number of likely N-dealkylation sites (tertiary alicyclic amines) is 1. The molecule has 2 rings (SSSR count). The third-order valence-electron chi connectivity index (χ3n) is 4.61. The second-order valence-electron chi connectivity index (χ2n) is 9.45. The van der Waals surface area contributed by atoms with Crippen molar-refractivity contribution in [1.82, 2.24) is 15.4 Å². The van der Waals surface area contributed by atoms with Crippen molar-refractivity contribution < 1.29 is 28.6 Å². The second-order valence-corrected chi connectivity index (χ2v) is 10.4. The van der Waals surface area contributed by atoms with E-state index in [2.05, 4.69) is 12.1 Å². The van der Waals surface area contributed by atoms with E-state index in [1.807, 2.05) is 46.9 Å². The number of ether oxygens (including phenoxy) is 4. The van der Waals surface area contributed by atoms with Crippen molar-refractivity contribution in [3.05, 3.63) is 28.7 Å². The van der Waals surface area contributed by atoms with Crippen molar-refractivity contribution in [2.75, 3.05) is 20.8 Å². The fraction of sp³-hybridized carbons (Fsp3) is 0.727. The second kappa shape index (κ2) is 10.6. The molecule has 0 saturated carbocycles. The molecule has 1 saturated heterocycles. The molecule has 2 unspecified atom stereocenters. The molecule has 1 aliphatic heterocycles. The van der Waals surface area contributed by atoms with E-state index in [4.69, 9.17) is 28.8 Å². The first-order valence-electron chi connectivity index (χ1n) is 10.6. The molecule has 32 heavy (non-hydrogen) atoms. The Labute approximate surface area is 195 Å². The van der Waals surface area contributed by atoms with E-state index in [0.29, 0.717) is 18.7 Å². The fourth-order valence-corrected chi connectivity index (χ4v) is 4.27. The number of carbonyl (C=O) groups excluding carboxylic acids is 1. The van der Waals surface area contributed by atoms with Crippen LogP contribution in [0.5, 0.6) is 0 Å². The summed E-state index contributed by atoms with van der Waals surface area (Å²) in [6, 6.07) is -0.465. The predicted octanol–water partition coefficient (Wildman–Crippen LogP) is 4.16. The normalized spacial score (nSPS) is 21.1. The van der Waals surface area contributed by atoms with Crippen LogP contribution in [-0.2, 0) is 30.3 Å². The number of amides is 1. The van der Waals surface area contributed by atoms with Gasteiger partial charge in [0, 0.05) is 26.0 Å². The zero-order chi connectivity index (χ0) is 24.2.